The molecule has 2 aliphatic carbocycles. The lowest BCUT2D eigenvalue weighted by molar-refractivity contribution is 1.13. The standard InChI is InChI=1S/C56H30N12/c1-2-14-39-31(10-1)24-45-65(40-15-3-5-17-42(40)67(39)45)33-20-19-32-25-46-66(41-16-4-6-18-43(41)68(46)44(32)27-33)34-26-38-37-13-9-23-59-51(37)55-47-48-54(62-30-64-56(48)52(38)60-28-34)50-36(12-8-22-58-50)35-11-7-21-57-49(35)53(47)61-29-63-55/h1-30H. The first-order valence-corrected chi connectivity index (χ1v) is 22.4. The Labute approximate surface area is 382 Å². The molecular weight excluding hydrogens is 841 g/mol. The number of hydrogen-bond acceptors (Lipinski definition) is 8. The van der Waals surface area contributed by atoms with Gasteiger partial charge in [0.15, 0.2) is 0 Å². The van der Waals surface area contributed by atoms with Crippen molar-refractivity contribution in [3.05, 3.63) is 193 Å². The summed E-state index contributed by atoms with van der Waals surface area (Å²) in [4.78, 5) is 40.4. The largest absolute Gasteiger partial charge is 0.294 e. The second-order valence-electron chi connectivity index (χ2n) is 17.3. The normalized spacial score (nSPS) is 12.4. The fraction of sp³-hybridized carbons (Fsp3) is 0. The molecule has 0 fully saturated rings. The van der Waals surface area contributed by atoms with E-state index in [9.17, 15) is 0 Å². The molecule has 0 radical (unpaired) electrons. The molecule has 0 atom stereocenters. The molecule has 0 saturated carbocycles. The van der Waals surface area contributed by atoms with Crippen molar-refractivity contribution in [2.24, 2.45) is 0 Å². The summed E-state index contributed by atoms with van der Waals surface area (Å²) in [6, 6.07) is 51.4. The van der Waals surface area contributed by atoms with Gasteiger partial charge in [0.1, 0.15) is 46.0 Å². The maximum absolute atomic E-state index is 5.40. The van der Waals surface area contributed by atoms with Crippen LogP contribution in [0.2, 0.25) is 0 Å². The summed E-state index contributed by atoms with van der Waals surface area (Å²) >= 11 is 0. The fourth-order valence-electron chi connectivity index (χ4n) is 11.1. The van der Waals surface area contributed by atoms with Crippen LogP contribution in [0.5, 0.6) is 0 Å². The Hall–Kier alpha value is -9.68. The molecule has 68 heavy (non-hydrogen) atoms. The first kappa shape index (κ1) is 35.6. The molecule has 10 heterocycles. The molecule has 0 N–H and O–H groups in total. The quantitative estimate of drug-likeness (QED) is 0.168. The van der Waals surface area contributed by atoms with Crippen molar-refractivity contribution < 1.29 is 0 Å². The molecule has 14 aromatic rings. The zero-order chi connectivity index (χ0) is 44.2. The second-order valence-corrected chi connectivity index (χ2v) is 17.3. The zero-order valence-electron chi connectivity index (χ0n) is 35.7. The average Bonchev–Trinajstić information content (AvgIpc) is 4.14. The molecule has 2 aliphatic rings. The molecule has 16 rings (SSSR count). The topological polar surface area (TPSA) is 122 Å². The van der Waals surface area contributed by atoms with Crippen molar-refractivity contribution in [3.8, 4) is 11.4 Å². The molecule has 4 aromatic carbocycles. The Morgan fingerprint density at radius 2 is 0.750 bits per heavy atom. The third-order valence-electron chi connectivity index (χ3n) is 13.9. The van der Waals surface area contributed by atoms with E-state index >= 15 is 0 Å². The predicted molar refractivity (Wildman–Crippen MR) is 269 cm³/mol. The van der Waals surface area contributed by atoms with Crippen molar-refractivity contribution in [2.45, 2.75) is 0 Å². The van der Waals surface area contributed by atoms with E-state index < -0.39 is 0 Å². The van der Waals surface area contributed by atoms with Crippen LogP contribution in [0.3, 0.4) is 0 Å². The minimum absolute atomic E-state index is 0.644. The molecule has 0 amide bonds. The Kier molecular flexibility index (Phi) is 6.81. The SMILES string of the molecule is c1ccc2c(c1)cc1n(-c3ccc4cc5n(-c6cnc7c8ncnc9c8=c8c(ncnc8c8ncccc8c7c6)c6ncccc6c6cccnc96)c6ccccc6n5c4c3)c3ccccc3n21. The predicted octanol–water partition coefficient (Wildman–Crippen LogP) is 11.8. The second kappa shape index (κ2) is 13.0. The highest BCUT2D eigenvalue weighted by Crippen LogP contribution is 2.38. The Morgan fingerprint density at radius 3 is 1.32 bits per heavy atom. The van der Waals surface area contributed by atoms with E-state index in [1.807, 2.05) is 30.6 Å². The van der Waals surface area contributed by atoms with Gasteiger partial charge in [0.05, 0.1) is 67.1 Å². The van der Waals surface area contributed by atoms with Crippen LogP contribution in [0.15, 0.2) is 183 Å². The van der Waals surface area contributed by atoms with E-state index in [4.69, 9.17) is 39.9 Å². The lowest BCUT2D eigenvalue weighted by Crippen LogP contribution is -1.99. The van der Waals surface area contributed by atoms with Crippen LogP contribution < -0.4 is 0 Å². The Bertz CT molecular complexity index is 5000. The number of hydrogen-bond donors (Lipinski definition) is 0. The van der Waals surface area contributed by atoms with Gasteiger partial charge in [0.2, 0.25) is 0 Å². The van der Waals surface area contributed by atoms with E-state index in [1.54, 1.807) is 25.0 Å². The number of aromatic nitrogens is 12. The van der Waals surface area contributed by atoms with Gasteiger partial charge < -0.3 is 0 Å². The maximum atomic E-state index is 5.40. The van der Waals surface area contributed by atoms with Crippen LogP contribution in [-0.2, 0) is 0 Å². The number of pyridine rings is 4. The van der Waals surface area contributed by atoms with Gasteiger partial charge in [-0.15, -0.1) is 0 Å². The zero-order valence-corrected chi connectivity index (χ0v) is 35.7. The monoisotopic (exact) mass is 870 g/mol. The Balaban J connectivity index is 1.02. The maximum Gasteiger partial charge on any atom is 0.123 e. The summed E-state index contributed by atoms with van der Waals surface area (Å²) in [6.07, 6.45) is 10.6. The van der Waals surface area contributed by atoms with Gasteiger partial charge in [0, 0.05) is 67.0 Å². The number of para-hydroxylation sites is 5. The molecule has 0 spiro atoms. The van der Waals surface area contributed by atoms with Crippen LogP contribution in [-0.4, -0.2) is 57.8 Å². The fourth-order valence-corrected chi connectivity index (χ4v) is 11.1. The smallest absolute Gasteiger partial charge is 0.123 e. The van der Waals surface area contributed by atoms with Gasteiger partial charge in [-0.05, 0) is 78.9 Å². The van der Waals surface area contributed by atoms with Crippen LogP contribution >= 0.6 is 0 Å². The van der Waals surface area contributed by atoms with Gasteiger partial charge in [-0.3, -0.25) is 37.9 Å². The summed E-state index contributed by atoms with van der Waals surface area (Å²) in [5.41, 5.74) is 16.2. The van der Waals surface area contributed by atoms with Crippen molar-refractivity contribution in [1.29, 1.82) is 0 Å². The molecule has 0 saturated heterocycles. The van der Waals surface area contributed by atoms with E-state index in [0.717, 1.165) is 87.6 Å². The number of imidazole rings is 2. The van der Waals surface area contributed by atoms with Crippen molar-refractivity contribution in [1.82, 2.24) is 57.8 Å². The highest BCUT2D eigenvalue weighted by molar-refractivity contribution is 6.17. The molecular formula is C56H30N12. The average molecular weight is 871 g/mol. The summed E-state index contributed by atoms with van der Waals surface area (Å²) in [5.74, 6) is 0. The van der Waals surface area contributed by atoms with Crippen molar-refractivity contribution >= 4 is 121 Å². The van der Waals surface area contributed by atoms with Gasteiger partial charge in [-0.25, -0.2) is 19.9 Å². The van der Waals surface area contributed by atoms with Gasteiger partial charge >= 0.3 is 0 Å². The van der Waals surface area contributed by atoms with E-state index in [0.29, 0.717) is 44.1 Å². The van der Waals surface area contributed by atoms with Crippen molar-refractivity contribution in [3.63, 3.8) is 0 Å². The lowest BCUT2D eigenvalue weighted by Gasteiger charge is -2.11. The van der Waals surface area contributed by atoms with Crippen LogP contribution in [0.4, 0.5) is 0 Å². The molecule has 0 aliphatic heterocycles. The third-order valence-corrected chi connectivity index (χ3v) is 13.9. The molecule has 0 unspecified atom stereocenters. The van der Waals surface area contributed by atoms with Crippen LogP contribution in [0.25, 0.3) is 132 Å². The summed E-state index contributed by atoms with van der Waals surface area (Å²) < 4.78 is 9.42. The minimum atomic E-state index is 0.644. The first-order chi connectivity index (χ1) is 33.8. The number of nitrogens with zero attached hydrogens (tertiary/aromatic N) is 12. The highest BCUT2D eigenvalue weighted by atomic mass is 15.2. The third kappa shape index (κ3) is 4.56. The number of fused-ring (bicyclic) bond motifs is 20. The summed E-state index contributed by atoms with van der Waals surface area (Å²) in [7, 11) is 0. The number of benzene rings is 4. The molecule has 314 valence electrons. The summed E-state index contributed by atoms with van der Waals surface area (Å²) in [5, 5.41) is 7.33. The van der Waals surface area contributed by atoms with Gasteiger partial charge in [-0.2, -0.15) is 0 Å². The first-order valence-electron chi connectivity index (χ1n) is 22.4. The molecule has 10 aromatic heterocycles. The molecule has 12 heteroatoms. The highest BCUT2D eigenvalue weighted by Gasteiger charge is 2.22. The molecule has 12 nitrogen and oxygen atoms in total. The summed E-state index contributed by atoms with van der Waals surface area (Å²) in [6.45, 7) is 0. The van der Waals surface area contributed by atoms with E-state index in [2.05, 4.69) is 145 Å². The minimum Gasteiger partial charge on any atom is -0.294 e. The van der Waals surface area contributed by atoms with E-state index in [1.165, 1.54) is 10.9 Å². The number of rotatable bonds is 2. The van der Waals surface area contributed by atoms with Crippen molar-refractivity contribution in [2.75, 3.05) is 0 Å². The van der Waals surface area contributed by atoms with Crippen LogP contribution in [0, 0.1) is 10.4 Å². The molecule has 0 bridgehead atoms. The van der Waals surface area contributed by atoms with Gasteiger partial charge in [0.25, 0.3) is 0 Å². The Morgan fingerprint density at radius 1 is 0.294 bits per heavy atom. The van der Waals surface area contributed by atoms with Crippen LogP contribution in [0.1, 0.15) is 0 Å². The van der Waals surface area contributed by atoms with E-state index in [-0.39, 0.29) is 0 Å². The van der Waals surface area contributed by atoms with Gasteiger partial charge in [-0.1, -0.05) is 66.7 Å². The lowest BCUT2D eigenvalue weighted by atomic mass is 10.0.